The molecule has 0 amide bonds. The molecule has 0 N–H and O–H groups in total. The van der Waals surface area contributed by atoms with E-state index in [2.05, 4.69) is 107 Å². The van der Waals surface area contributed by atoms with Gasteiger partial charge in [0.1, 0.15) is 0 Å². The van der Waals surface area contributed by atoms with Gasteiger partial charge >= 0.3 is 195 Å². The van der Waals surface area contributed by atoms with Crippen LogP contribution in [0.3, 0.4) is 0 Å². The number of benzene rings is 3. The van der Waals surface area contributed by atoms with E-state index >= 15 is 0 Å². The molecule has 2 aliphatic rings. The van der Waals surface area contributed by atoms with Gasteiger partial charge in [-0.3, -0.25) is 0 Å². The fourth-order valence-corrected chi connectivity index (χ4v) is 19.2. The van der Waals surface area contributed by atoms with Gasteiger partial charge in [-0.25, -0.2) is 0 Å². The average Bonchev–Trinajstić information content (AvgIpc) is 3.28. The molecule has 0 aromatic heterocycles. The fourth-order valence-electron chi connectivity index (χ4n) is 5.55. The van der Waals surface area contributed by atoms with Crippen LogP contribution in [0.5, 0.6) is 0 Å². The minimum absolute atomic E-state index is 0.415. The molecule has 2 atom stereocenters. The summed E-state index contributed by atoms with van der Waals surface area (Å²) in [6.07, 6.45) is 5.02. The first-order valence-corrected chi connectivity index (χ1v) is 17.2. The third-order valence-electron chi connectivity index (χ3n) is 7.08. The summed E-state index contributed by atoms with van der Waals surface area (Å²) in [6, 6.07) is 26.5. The molecule has 0 nitrogen and oxygen atoms in total. The Morgan fingerprint density at radius 2 is 1.16 bits per heavy atom. The minimum atomic E-state index is -1.56. The summed E-state index contributed by atoms with van der Waals surface area (Å²) in [4.78, 5) is 0. The van der Waals surface area contributed by atoms with E-state index in [1.165, 1.54) is 33.9 Å². The van der Waals surface area contributed by atoms with Gasteiger partial charge in [-0.15, -0.1) is 0 Å². The maximum absolute atomic E-state index is 2.51. The molecule has 3 aromatic carbocycles. The molecule has 0 radical (unpaired) electrons. The van der Waals surface area contributed by atoms with Crippen LogP contribution in [-0.2, 0) is 22.7 Å². The molecule has 0 spiro atoms. The van der Waals surface area contributed by atoms with Crippen molar-refractivity contribution in [1.29, 1.82) is 0 Å². The van der Waals surface area contributed by atoms with Crippen molar-refractivity contribution in [2.24, 2.45) is 0 Å². The van der Waals surface area contributed by atoms with Gasteiger partial charge in [0.25, 0.3) is 0 Å². The van der Waals surface area contributed by atoms with Crippen LogP contribution in [0, 0.1) is 13.8 Å². The van der Waals surface area contributed by atoms with E-state index in [0.29, 0.717) is 15.4 Å². The number of hydrogen-bond donors (Lipinski definition) is 0. The quantitative estimate of drug-likeness (QED) is 0.369. The molecule has 2 aliphatic carbocycles. The molecule has 2 unspecified atom stereocenters. The van der Waals surface area contributed by atoms with Gasteiger partial charge in [0.2, 0.25) is 0 Å². The van der Waals surface area contributed by atoms with Crippen molar-refractivity contribution in [3.05, 3.63) is 117 Å². The van der Waals surface area contributed by atoms with Crippen LogP contribution in [0.2, 0.25) is 0 Å². The first kappa shape index (κ1) is 20.9. The molecule has 3 aromatic rings. The van der Waals surface area contributed by atoms with E-state index in [1.54, 1.807) is 22.3 Å². The summed E-state index contributed by atoms with van der Waals surface area (Å²) in [5.74, 6) is 0. The number of rotatable bonds is 4. The van der Waals surface area contributed by atoms with E-state index in [-0.39, 0.29) is 0 Å². The first-order chi connectivity index (χ1) is 15.0. The van der Waals surface area contributed by atoms with E-state index in [0.717, 1.165) is 0 Å². The Balaban J connectivity index is 1.66. The van der Waals surface area contributed by atoms with Gasteiger partial charge in [-0.05, 0) is 0 Å². The Morgan fingerprint density at radius 3 is 1.68 bits per heavy atom. The third kappa shape index (κ3) is 3.78. The average molecular weight is 455 g/mol. The molecule has 5 rings (SSSR count). The van der Waals surface area contributed by atoms with Gasteiger partial charge in [-0.2, -0.15) is 0 Å². The summed E-state index contributed by atoms with van der Waals surface area (Å²) in [5, 5.41) is 0. The topological polar surface area (TPSA) is 0 Å². The van der Waals surface area contributed by atoms with Gasteiger partial charge in [0, 0.05) is 0 Å². The second-order valence-electron chi connectivity index (χ2n) is 9.19. The van der Waals surface area contributed by atoms with E-state index in [1.807, 2.05) is 0 Å². The van der Waals surface area contributed by atoms with Gasteiger partial charge in [0.15, 0.2) is 0 Å². The van der Waals surface area contributed by atoms with Crippen molar-refractivity contribution in [1.82, 2.24) is 0 Å². The van der Waals surface area contributed by atoms with Gasteiger partial charge in [0.05, 0.1) is 0 Å². The zero-order valence-corrected chi connectivity index (χ0v) is 21.7. The number of hydrogen-bond acceptors (Lipinski definition) is 0. The van der Waals surface area contributed by atoms with E-state index in [9.17, 15) is 0 Å². The van der Waals surface area contributed by atoms with Crippen LogP contribution in [0.1, 0.15) is 61.2 Å². The number of allylic oxidation sites excluding steroid dienone is 2. The summed E-state index contributed by atoms with van der Waals surface area (Å²) in [5.41, 5.74) is 13.9. The summed E-state index contributed by atoms with van der Waals surface area (Å²) in [7, 11) is 0. The van der Waals surface area contributed by atoms with E-state index in [4.69, 9.17) is 0 Å². The van der Waals surface area contributed by atoms with Crippen LogP contribution in [-0.4, -0.2) is 6.91 Å². The van der Waals surface area contributed by atoms with Crippen molar-refractivity contribution in [3.8, 4) is 0 Å². The van der Waals surface area contributed by atoms with Crippen LogP contribution in [0.4, 0.5) is 0 Å². The molecule has 2 heteroatoms. The van der Waals surface area contributed by atoms with Crippen LogP contribution in [0.25, 0.3) is 12.2 Å². The second-order valence-corrected chi connectivity index (χ2v) is 18.0. The Morgan fingerprint density at radius 1 is 0.645 bits per heavy atom. The molecule has 0 bridgehead atoms. The molecule has 0 heterocycles. The zero-order valence-electron chi connectivity index (χ0n) is 18.9. The van der Waals surface area contributed by atoms with Crippen molar-refractivity contribution in [2.75, 3.05) is 0 Å². The summed E-state index contributed by atoms with van der Waals surface area (Å²) >= 11 is -1.56. The molecule has 154 valence electrons. The third-order valence-corrected chi connectivity index (χ3v) is 18.6. The SMILES string of the molecule is CC1=Cc2c(C)cccc2[CH]1[Ti](=[SiH]Cc1ccccc1)[CH]1C(C)=Cc2c(C)cccc21. The Hall–Kier alpha value is -1.93. The van der Waals surface area contributed by atoms with Crippen molar-refractivity contribution < 1.29 is 16.6 Å². The Bertz CT molecular complexity index is 1170. The van der Waals surface area contributed by atoms with Crippen molar-refractivity contribution in [2.45, 2.75) is 42.2 Å². The molecule has 0 fully saturated rings. The standard InChI is InChI=1S/2C11H11.C7H8Si.Ti/c2*1-8-6-10-5-3-4-9(2)11(10)7-8;8-6-7-4-2-1-3-5-7;/h2*3-7H,1-2H3;1-5,8H,6H2;. The molecular formula is C29H30SiTi. The van der Waals surface area contributed by atoms with Gasteiger partial charge < -0.3 is 0 Å². The molecular weight excluding hydrogens is 424 g/mol. The van der Waals surface area contributed by atoms with Crippen molar-refractivity contribution >= 4 is 19.1 Å². The maximum atomic E-state index is 2.51. The second kappa shape index (κ2) is 8.54. The molecule has 0 saturated heterocycles. The van der Waals surface area contributed by atoms with E-state index < -0.39 is 16.6 Å². The number of fused-ring (bicyclic) bond motifs is 2. The molecule has 31 heavy (non-hydrogen) atoms. The Labute approximate surface area is 194 Å². The predicted molar refractivity (Wildman–Crippen MR) is 132 cm³/mol. The predicted octanol–water partition coefficient (Wildman–Crippen LogP) is 7.09. The fraction of sp³-hybridized carbons (Fsp3) is 0.241. The van der Waals surface area contributed by atoms with Crippen LogP contribution < -0.4 is 0 Å². The monoisotopic (exact) mass is 454 g/mol. The molecule has 0 saturated carbocycles. The summed E-state index contributed by atoms with van der Waals surface area (Å²) < 4.78 is 1.38. The van der Waals surface area contributed by atoms with Crippen molar-refractivity contribution in [3.63, 3.8) is 0 Å². The first-order valence-electron chi connectivity index (χ1n) is 11.3. The van der Waals surface area contributed by atoms with Gasteiger partial charge in [-0.1, -0.05) is 0 Å². The zero-order chi connectivity index (χ0) is 21.5. The number of aryl methyl sites for hydroxylation is 2. The van der Waals surface area contributed by atoms with Crippen LogP contribution >= 0.6 is 0 Å². The molecule has 0 aliphatic heterocycles. The normalized spacial score (nSPS) is 18.8. The summed E-state index contributed by atoms with van der Waals surface area (Å²) in [6.45, 7) is 9.79. The van der Waals surface area contributed by atoms with Crippen LogP contribution in [0.15, 0.2) is 77.9 Å². The Kier molecular flexibility index (Phi) is 5.77.